The zero-order valence-corrected chi connectivity index (χ0v) is 30.3. The summed E-state index contributed by atoms with van der Waals surface area (Å²) in [5.41, 5.74) is -5.80. The standard InChI is InChI=1S/C38H48O15/c1-14-21(52-23-12-36(4,47)32(43)15(2)50-23)9-10-22(49-14)17-7-8-18-27(28(17)39)30(41)19-11-20-26(25(19)29(18)40)31(42)35(46)38(6,34(20)45)53-24-13-37(5,48)33(44)16(3)51-24/h7-8,11,14-16,21-24,31-33,35,39,41-44,46-48H,9-10,12-13H2,1-6H3/t14-,15-,16+,21+,22?,23?,24?,31-,32-,33+,35+,36-,37+,38-/m1/s1. The Kier molecular flexibility index (Phi) is 9.39. The van der Waals surface area contributed by atoms with Crippen molar-refractivity contribution in [3.05, 3.63) is 57.2 Å². The number of ketones is 2. The average Bonchev–Trinajstić information content (AvgIpc) is 3.49. The van der Waals surface area contributed by atoms with Gasteiger partial charge in [-0.2, -0.15) is 0 Å². The molecule has 6 aliphatic rings. The largest absolute Gasteiger partial charge is 0.507 e. The first kappa shape index (κ1) is 38.2. The fourth-order valence-electron chi connectivity index (χ4n) is 8.69. The Morgan fingerprint density at radius 1 is 0.792 bits per heavy atom. The van der Waals surface area contributed by atoms with E-state index in [0.717, 1.165) is 0 Å². The lowest BCUT2D eigenvalue weighted by atomic mass is 9.73. The van der Waals surface area contributed by atoms with Crippen LogP contribution in [0.2, 0.25) is 0 Å². The maximum atomic E-state index is 14.1. The van der Waals surface area contributed by atoms with E-state index < -0.39 is 107 Å². The lowest BCUT2D eigenvalue weighted by Crippen LogP contribution is -2.63. The van der Waals surface area contributed by atoms with Gasteiger partial charge in [0, 0.05) is 46.3 Å². The van der Waals surface area contributed by atoms with Gasteiger partial charge in [-0.05, 0) is 66.5 Å². The van der Waals surface area contributed by atoms with Gasteiger partial charge in [-0.3, -0.25) is 9.59 Å². The first-order valence-corrected chi connectivity index (χ1v) is 18.0. The summed E-state index contributed by atoms with van der Waals surface area (Å²) < 4.78 is 29.8. The second-order valence-electron chi connectivity index (χ2n) is 15.9. The van der Waals surface area contributed by atoms with Crippen LogP contribution in [-0.2, 0) is 28.5 Å². The summed E-state index contributed by atoms with van der Waals surface area (Å²) in [5.74, 6) is -2.42. The number of aliphatic hydroxyl groups is 7. The molecule has 3 aliphatic heterocycles. The van der Waals surface area contributed by atoms with E-state index in [1.807, 2.05) is 0 Å². The molecule has 0 amide bonds. The van der Waals surface area contributed by atoms with Crippen molar-refractivity contribution in [3.8, 4) is 5.75 Å². The van der Waals surface area contributed by atoms with E-state index in [4.69, 9.17) is 23.7 Å². The second-order valence-corrected chi connectivity index (χ2v) is 15.9. The lowest BCUT2D eigenvalue weighted by Gasteiger charge is -2.47. The van der Waals surface area contributed by atoms with Gasteiger partial charge < -0.3 is 64.5 Å². The van der Waals surface area contributed by atoms with Crippen LogP contribution in [0, 0.1) is 0 Å². The number of carbonyl (C=O) groups is 2. The number of hydrogen-bond donors (Lipinski definition) is 8. The smallest absolute Gasteiger partial charge is 0.197 e. The van der Waals surface area contributed by atoms with Crippen LogP contribution in [0.1, 0.15) is 94.8 Å². The summed E-state index contributed by atoms with van der Waals surface area (Å²) in [5, 5.41) is 87.8. The maximum Gasteiger partial charge on any atom is 0.197 e. The molecule has 3 aliphatic carbocycles. The Morgan fingerprint density at radius 2 is 1.40 bits per heavy atom. The van der Waals surface area contributed by atoms with Crippen LogP contribution in [0.4, 0.5) is 0 Å². The van der Waals surface area contributed by atoms with Crippen LogP contribution in [0.15, 0.2) is 40.5 Å². The quantitative estimate of drug-likeness (QED) is 0.212. The highest BCUT2D eigenvalue weighted by molar-refractivity contribution is 6.24. The number of phenolic OH excluding ortho intramolecular Hbond substituents is 1. The molecule has 15 heteroatoms. The number of hydrogen-bond acceptors (Lipinski definition) is 15. The first-order valence-electron chi connectivity index (χ1n) is 18.0. The molecular weight excluding hydrogens is 696 g/mol. The zero-order chi connectivity index (χ0) is 38.7. The minimum absolute atomic E-state index is 0.0588. The van der Waals surface area contributed by atoms with E-state index in [1.165, 1.54) is 45.9 Å². The molecule has 53 heavy (non-hydrogen) atoms. The van der Waals surface area contributed by atoms with Gasteiger partial charge in [0.1, 0.15) is 35.9 Å². The molecule has 1 saturated carbocycles. The topological polar surface area (TPSA) is 242 Å². The molecule has 4 fully saturated rings. The monoisotopic (exact) mass is 744 g/mol. The van der Waals surface area contributed by atoms with Gasteiger partial charge in [-0.25, -0.2) is 0 Å². The molecule has 0 spiro atoms. The Morgan fingerprint density at radius 3 is 2.00 bits per heavy atom. The van der Waals surface area contributed by atoms with Crippen molar-refractivity contribution in [2.75, 3.05) is 0 Å². The predicted octanol–water partition coefficient (Wildman–Crippen LogP) is 1.29. The summed E-state index contributed by atoms with van der Waals surface area (Å²) in [4.78, 5) is 28.1. The van der Waals surface area contributed by atoms with Crippen molar-refractivity contribution < 1.29 is 74.1 Å². The van der Waals surface area contributed by atoms with Crippen LogP contribution in [0.5, 0.6) is 5.75 Å². The third kappa shape index (κ3) is 6.01. The van der Waals surface area contributed by atoms with Gasteiger partial charge in [-0.1, -0.05) is 6.07 Å². The third-order valence-corrected chi connectivity index (χ3v) is 11.9. The summed E-state index contributed by atoms with van der Waals surface area (Å²) >= 11 is 0. The second kappa shape index (κ2) is 13.0. The van der Waals surface area contributed by atoms with Crippen LogP contribution >= 0.6 is 0 Å². The number of Topliss-reactive ketones (excluding diaryl/α,β-unsaturated/α-hetero) is 2. The van der Waals surface area contributed by atoms with E-state index in [2.05, 4.69) is 0 Å². The number of aromatic hydroxyl groups is 1. The van der Waals surface area contributed by atoms with Crippen molar-refractivity contribution in [3.63, 3.8) is 0 Å². The molecule has 7 rings (SSSR count). The molecule has 1 aromatic rings. The van der Waals surface area contributed by atoms with Gasteiger partial charge in [0.25, 0.3) is 0 Å². The minimum Gasteiger partial charge on any atom is -0.507 e. The van der Waals surface area contributed by atoms with Crippen LogP contribution in [0.25, 0.3) is 5.76 Å². The highest BCUT2D eigenvalue weighted by Crippen LogP contribution is 2.51. The molecule has 3 saturated heterocycles. The van der Waals surface area contributed by atoms with Gasteiger partial charge >= 0.3 is 0 Å². The summed E-state index contributed by atoms with van der Waals surface area (Å²) in [7, 11) is 0. The molecule has 0 radical (unpaired) electrons. The number of rotatable bonds is 5. The predicted molar refractivity (Wildman–Crippen MR) is 182 cm³/mol. The highest BCUT2D eigenvalue weighted by atomic mass is 16.7. The molecule has 8 N–H and O–H groups in total. The number of benzene rings is 1. The van der Waals surface area contributed by atoms with Gasteiger partial charge in [0.05, 0.1) is 47.3 Å². The average molecular weight is 745 g/mol. The molecule has 290 valence electrons. The van der Waals surface area contributed by atoms with Crippen LogP contribution in [-0.4, -0.2) is 131 Å². The van der Waals surface area contributed by atoms with Gasteiger partial charge in [0.2, 0.25) is 0 Å². The molecule has 0 bridgehead atoms. The van der Waals surface area contributed by atoms with Crippen molar-refractivity contribution in [2.24, 2.45) is 0 Å². The summed E-state index contributed by atoms with van der Waals surface area (Å²) in [6.07, 6.45) is -9.32. The maximum absolute atomic E-state index is 14.1. The molecular formula is C38H48O15. The number of aliphatic hydroxyl groups excluding tert-OH is 5. The third-order valence-electron chi connectivity index (χ3n) is 11.9. The number of allylic oxidation sites excluding steroid dienone is 3. The number of carbonyl (C=O) groups excluding carboxylic acids is 2. The number of phenols is 1. The Balaban J connectivity index is 1.14. The fourth-order valence-corrected chi connectivity index (χ4v) is 8.69. The minimum atomic E-state index is -2.12. The van der Waals surface area contributed by atoms with E-state index >= 15 is 0 Å². The molecule has 1 aromatic carbocycles. The Hall–Kier alpha value is -3.06. The molecule has 3 heterocycles. The van der Waals surface area contributed by atoms with Gasteiger partial charge in [0.15, 0.2) is 29.7 Å². The lowest BCUT2D eigenvalue weighted by molar-refractivity contribution is -0.306. The normalized spacial score (nSPS) is 44.5. The van der Waals surface area contributed by atoms with Crippen LogP contribution in [0.3, 0.4) is 0 Å². The van der Waals surface area contributed by atoms with E-state index in [-0.39, 0.29) is 46.3 Å². The van der Waals surface area contributed by atoms with Crippen molar-refractivity contribution in [1.82, 2.24) is 0 Å². The Labute approximate surface area is 305 Å². The van der Waals surface area contributed by atoms with Crippen LogP contribution < -0.4 is 0 Å². The van der Waals surface area contributed by atoms with Crippen molar-refractivity contribution in [2.45, 2.75) is 152 Å². The van der Waals surface area contributed by atoms with Crippen molar-refractivity contribution in [1.29, 1.82) is 0 Å². The van der Waals surface area contributed by atoms with Gasteiger partial charge in [-0.15, -0.1) is 0 Å². The Bertz CT molecular complexity index is 1810. The highest BCUT2D eigenvalue weighted by Gasteiger charge is 2.58. The molecule has 0 aromatic heterocycles. The number of fused-ring (bicyclic) bond motifs is 3. The molecule has 15 nitrogen and oxygen atoms in total. The molecule has 14 atom stereocenters. The summed E-state index contributed by atoms with van der Waals surface area (Å²) in [6, 6.07) is 2.94. The zero-order valence-electron chi connectivity index (χ0n) is 30.3. The van der Waals surface area contributed by atoms with E-state index in [0.29, 0.717) is 18.4 Å². The van der Waals surface area contributed by atoms with Crippen molar-refractivity contribution >= 4 is 17.3 Å². The molecule has 3 unspecified atom stereocenters. The van der Waals surface area contributed by atoms with E-state index in [9.17, 15) is 50.4 Å². The number of ether oxygens (including phenoxy) is 5. The SMILES string of the molecule is C[C@@H]1OC(O[C@]2(C)C(=O)C3=CC4=C(O)c5c(ccc(C6CC[C@H](OC7C[C@@](C)(O)[C@H](O)[C@@H](C)O7)[C@@H](C)O6)c5O)C(=O)C4=C3[C@@H](O)[C@@H]2O)C[C@](C)(O)[C@H]1O. The summed E-state index contributed by atoms with van der Waals surface area (Å²) in [6.45, 7) is 9.11. The first-order chi connectivity index (χ1) is 24.7. The van der Waals surface area contributed by atoms with E-state index in [1.54, 1.807) is 13.8 Å². The fraction of sp³-hybridized carbons (Fsp3) is 0.632.